The van der Waals surface area contributed by atoms with Crippen molar-refractivity contribution in [1.82, 2.24) is 5.32 Å². The molecule has 0 aromatic heterocycles. The molecule has 1 heterocycles. The Bertz CT molecular complexity index is 235. The van der Waals surface area contributed by atoms with Crippen molar-refractivity contribution in [3.05, 3.63) is 0 Å². The number of hydrogen-bond donors (Lipinski definition) is 1. The fourth-order valence-electron chi connectivity index (χ4n) is 3.92. The molecular weight excluding hydrogens is 222 g/mol. The number of rotatable bonds is 6. The van der Waals surface area contributed by atoms with Gasteiger partial charge in [0.25, 0.3) is 0 Å². The van der Waals surface area contributed by atoms with Crippen LogP contribution in [0.25, 0.3) is 0 Å². The Kier molecular flexibility index (Phi) is 5.50. The molecule has 2 fully saturated rings. The molecule has 0 radical (unpaired) electrons. The smallest absolute Gasteiger partial charge is 0.0685 e. The van der Waals surface area contributed by atoms with Crippen molar-refractivity contribution in [3.63, 3.8) is 0 Å². The lowest BCUT2D eigenvalue weighted by Crippen LogP contribution is -2.45. The van der Waals surface area contributed by atoms with Gasteiger partial charge in [0, 0.05) is 12.6 Å². The van der Waals surface area contributed by atoms with Crippen LogP contribution < -0.4 is 5.32 Å². The van der Waals surface area contributed by atoms with Gasteiger partial charge in [0.1, 0.15) is 0 Å². The largest absolute Gasteiger partial charge is 0.375 e. The average Bonchev–Trinajstić information content (AvgIpc) is 2.82. The van der Waals surface area contributed by atoms with E-state index in [9.17, 15) is 0 Å². The Morgan fingerprint density at radius 2 is 2.00 bits per heavy atom. The molecule has 1 spiro atoms. The monoisotopic (exact) mass is 253 g/mol. The Labute approximate surface area is 113 Å². The number of nitrogens with one attached hydrogen (secondary N) is 1. The molecule has 0 aromatic rings. The highest BCUT2D eigenvalue weighted by Crippen LogP contribution is 2.43. The van der Waals surface area contributed by atoms with Crippen LogP contribution in [0.2, 0.25) is 0 Å². The minimum Gasteiger partial charge on any atom is -0.375 e. The van der Waals surface area contributed by atoms with Crippen molar-refractivity contribution in [2.75, 3.05) is 13.2 Å². The van der Waals surface area contributed by atoms with E-state index in [1.807, 2.05) is 0 Å². The van der Waals surface area contributed by atoms with Crippen LogP contribution in [0.3, 0.4) is 0 Å². The van der Waals surface area contributed by atoms with Crippen LogP contribution in [0.5, 0.6) is 0 Å². The van der Waals surface area contributed by atoms with Gasteiger partial charge in [0.15, 0.2) is 0 Å². The Balaban J connectivity index is 1.91. The maximum atomic E-state index is 6.16. The summed E-state index contributed by atoms with van der Waals surface area (Å²) in [5.41, 5.74) is 0.281. The van der Waals surface area contributed by atoms with E-state index in [1.165, 1.54) is 64.3 Å². The summed E-state index contributed by atoms with van der Waals surface area (Å²) in [7, 11) is 0. The lowest BCUT2D eigenvalue weighted by Gasteiger charge is -2.41. The molecule has 2 rings (SSSR count). The van der Waals surface area contributed by atoms with E-state index in [1.54, 1.807) is 0 Å². The summed E-state index contributed by atoms with van der Waals surface area (Å²) in [5.74, 6) is 0.850. The summed E-state index contributed by atoms with van der Waals surface area (Å²) < 4.78 is 6.16. The third-order valence-electron chi connectivity index (χ3n) is 4.87. The summed E-state index contributed by atoms with van der Waals surface area (Å²) in [6.45, 7) is 6.75. The summed E-state index contributed by atoms with van der Waals surface area (Å²) >= 11 is 0. The van der Waals surface area contributed by atoms with Crippen molar-refractivity contribution in [1.29, 1.82) is 0 Å². The zero-order valence-corrected chi connectivity index (χ0v) is 12.3. The SMILES string of the molecule is CCCNC(CCC)C1CCOC2(CCCC2)C1. The molecule has 1 aliphatic heterocycles. The van der Waals surface area contributed by atoms with Gasteiger partial charge in [0.05, 0.1) is 5.60 Å². The van der Waals surface area contributed by atoms with E-state index in [0.29, 0.717) is 0 Å². The van der Waals surface area contributed by atoms with E-state index in [-0.39, 0.29) is 5.60 Å². The summed E-state index contributed by atoms with van der Waals surface area (Å²) in [6, 6.07) is 0.733. The van der Waals surface area contributed by atoms with Gasteiger partial charge in [0.2, 0.25) is 0 Å². The Morgan fingerprint density at radius 3 is 2.67 bits per heavy atom. The van der Waals surface area contributed by atoms with Crippen LogP contribution >= 0.6 is 0 Å². The lowest BCUT2D eigenvalue weighted by atomic mass is 9.79. The number of ether oxygens (including phenoxy) is 1. The van der Waals surface area contributed by atoms with E-state index in [2.05, 4.69) is 19.2 Å². The standard InChI is InChI=1S/C16H31NO/c1-3-7-15(17-11-4-2)14-8-12-18-16(13-14)9-5-6-10-16/h14-15,17H,3-13H2,1-2H3. The van der Waals surface area contributed by atoms with Gasteiger partial charge in [-0.3, -0.25) is 0 Å². The van der Waals surface area contributed by atoms with Gasteiger partial charge < -0.3 is 10.1 Å². The maximum absolute atomic E-state index is 6.16. The average molecular weight is 253 g/mol. The minimum absolute atomic E-state index is 0.281. The van der Waals surface area contributed by atoms with Crippen molar-refractivity contribution in [3.8, 4) is 0 Å². The second-order valence-corrected chi connectivity index (χ2v) is 6.34. The van der Waals surface area contributed by atoms with Crippen molar-refractivity contribution in [2.45, 2.75) is 83.3 Å². The molecule has 0 bridgehead atoms. The molecule has 2 heteroatoms. The molecule has 2 aliphatic rings. The predicted octanol–water partition coefficient (Wildman–Crippen LogP) is 3.89. The van der Waals surface area contributed by atoms with Crippen LogP contribution in [-0.4, -0.2) is 24.8 Å². The van der Waals surface area contributed by atoms with Gasteiger partial charge >= 0.3 is 0 Å². The molecule has 2 atom stereocenters. The Hall–Kier alpha value is -0.0800. The second-order valence-electron chi connectivity index (χ2n) is 6.34. The first-order chi connectivity index (χ1) is 8.79. The third kappa shape index (κ3) is 3.48. The molecule has 1 aliphatic carbocycles. The molecule has 1 saturated carbocycles. The molecule has 1 saturated heterocycles. The Morgan fingerprint density at radius 1 is 1.22 bits per heavy atom. The highest BCUT2D eigenvalue weighted by atomic mass is 16.5. The van der Waals surface area contributed by atoms with Crippen LogP contribution in [0.4, 0.5) is 0 Å². The number of hydrogen-bond acceptors (Lipinski definition) is 2. The molecule has 0 aromatic carbocycles. The van der Waals surface area contributed by atoms with Gasteiger partial charge in [-0.1, -0.05) is 33.1 Å². The van der Waals surface area contributed by atoms with E-state index in [0.717, 1.165) is 18.6 Å². The quantitative estimate of drug-likeness (QED) is 0.775. The molecule has 2 unspecified atom stereocenters. The summed E-state index contributed by atoms with van der Waals surface area (Å²) in [6.07, 6.45) is 11.9. The predicted molar refractivity (Wildman–Crippen MR) is 76.9 cm³/mol. The highest BCUT2D eigenvalue weighted by molar-refractivity contribution is 4.94. The first kappa shape index (κ1) is 14.3. The summed E-state index contributed by atoms with van der Waals surface area (Å²) in [5, 5.41) is 3.79. The van der Waals surface area contributed by atoms with Crippen molar-refractivity contribution < 1.29 is 4.74 Å². The van der Waals surface area contributed by atoms with Gasteiger partial charge in [-0.25, -0.2) is 0 Å². The van der Waals surface area contributed by atoms with Crippen LogP contribution in [0.1, 0.15) is 71.6 Å². The maximum Gasteiger partial charge on any atom is 0.0685 e. The zero-order chi connectivity index (χ0) is 12.8. The first-order valence-electron chi connectivity index (χ1n) is 8.17. The fourth-order valence-corrected chi connectivity index (χ4v) is 3.92. The molecular formula is C16H31NO. The first-order valence-corrected chi connectivity index (χ1v) is 8.17. The lowest BCUT2D eigenvalue weighted by molar-refractivity contribution is -0.0982. The minimum atomic E-state index is 0.281. The third-order valence-corrected chi connectivity index (χ3v) is 4.87. The van der Waals surface area contributed by atoms with Crippen molar-refractivity contribution >= 4 is 0 Å². The fraction of sp³-hybridized carbons (Fsp3) is 1.00. The molecule has 0 amide bonds. The topological polar surface area (TPSA) is 21.3 Å². The van der Waals surface area contributed by atoms with Crippen LogP contribution in [0, 0.1) is 5.92 Å². The molecule has 18 heavy (non-hydrogen) atoms. The molecule has 1 N–H and O–H groups in total. The molecule has 106 valence electrons. The zero-order valence-electron chi connectivity index (χ0n) is 12.3. The van der Waals surface area contributed by atoms with E-state index >= 15 is 0 Å². The second kappa shape index (κ2) is 6.91. The van der Waals surface area contributed by atoms with Gasteiger partial charge in [-0.05, 0) is 51.0 Å². The van der Waals surface area contributed by atoms with E-state index in [4.69, 9.17) is 4.74 Å². The van der Waals surface area contributed by atoms with E-state index < -0.39 is 0 Å². The normalized spacial score (nSPS) is 28.7. The van der Waals surface area contributed by atoms with Crippen LogP contribution in [0.15, 0.2) is 0 Å². The van der Waals surface area contributed by atoms with Gasteiger partial charge in [-0.2, -0.15) is 0 Å². The summed E-state index contributed by atoms with van der Waals surface area (Å²) in [4.78, 5) is 0. The highest BCUT2D eigenvalue weighted by Gasteiger charge is 2.41. The van der Waals surface area contributed by atoms with Crippen molar-refractivity contribution in [2.24, 2.45) is 5.92 Å². The van der Waals surface area contributed by atoms with Crippen LogP contribution in [-0.2, 0) is 4.74 Å². The van der Waals surface area contributed by atoms with Gasteiger partial charge in [-0.15, -0.1) is 0 Å². The molecule has 2 nitrogen and oxygen atoms in total.